The molecule has 0 unspecified atom stereocenters. The smallest absolute Gasteiger partial charge is 0.307 e. The number of aliphatic carboxylic acids is 1. The van der Waals surface area contributed by atoms with Gasteiger partial charge in [-0.05, 0) is 56.8 Å². The van der Waals surface area contributed by atoms with E-state index in [2.05, 4.69) is 37.2 Å². The molecular weight excluding hydrogens is 378 g/mol. The van der Waals surface area contributed by atoms with Crippen molar-refractivity contribution in [3.63, 3.8) is 0 Å². The van der Waals surface area contributed by atoms with Crippen molar-refractivity contribution in [3.8, 4) is 0 Å². The van der Waals surface area contributed by atoms with Gasteiger partial charge in [0.2, 0.25) is 5.91 Å². The van der Waals surface area contributed by atoms with E-state index < -0.39 is 17.8 Å². The fourth-order valence-corrected chi connectivity index (χ4v) is 3.60. The number of carboxylic acids is 1. The van der Waals surface area contributed by atoms with Crippen molar-refractivity contribution in [1.82, 2.24) is 0 Å². The van der Waals surface area contributed by atoms with Gasteiger partial charge in [-0.15, -0.1) is 0 Å². The minimum atomic E-state index is -0.885. The molecule has 1 saturated carbocycles. The summed E-state index contributed by atoms with van der Waals surface area (Å²) in [6.45, 7) is 0. The highest BCUT2D eigenvalue weighted by Gasteiger charge is 2.37. The number of para-hydroxylation sites is 1. The van der Waals surface area contributed by atoms with Crippen LogP contribution in [-0.4, -0.2) is 17.0 Å². The van der Waals surface area contributed by atoms with Crippen molar-refractivity contribution in [2.75, 3.05) is 5.32 Å². The van der Waals surface area contributed by atoms with Gasteiger partial charge in [0.15, 0.2) is 0 Å². The lowest BCUT2D eigenvalue weighted by Crippen LogP contribution is -2.30. The molecule has 0 radical (unpaired) electrons. The third-order valence-electron chi connectivity index (χ3n) is 3.38. The van der Waals surface area contributed by atoms with Gasteiger partial charge in [-0.1, -0.05) is 12.5 Å². The molecule has 2 atom stereocenters. The molecule has 6 heteroatoms. The molecule has 0 heterocycles. The van der Waals surface area contributed by atoms with Crippen LogP contribution in [0, 0.1) is 11.8 Å². The number of amides is 1. The second-order valence-electron chi connectivity index (χ2n) is 4.57. The standard InChI is InChI=1S/C13H13Br2NO3/c14-9-5-2-6-10(15)11(9)16-12(17)7-3-1-4-8(7)13(18)19/h2,5-8H,1,3-4H2,(H,16,17)(H,18,19)/t7-,8+/m1/s1. The molecule has 19 heavy (non-hydrogen) atoms. The number of anilines is 1. The van der Waals surface area contributed by atoms with Gasteiger partial charge in [0.25, 0.3) is 0 Å². The monoisotopic (exact) mass is 389 g/mol. The molecule has 0 spiro atoms. The predicted octanol–water partition coefficient (Wildman–Crippen LogP) is 3.65. The number of nitrogens with one attached hydrogen (secondary N) is 1. The Balaban J connectivity index is 2.15. The summed E-state index contributed by atoms with van der Waals surface area (Å²) in [7, 11) is 0. The summed E-state index contributed by atoms with van der Waals surface area (Å²) in [4.78, 5) is 23.3. The Morgan fingerprint density at radius 1 is 1.16 bits per heavy atom. The molecule has 2 N–H and O–H groups in total. The van der Waals surface area contributed by atoms with Gasteiger partial charge in [-0.3, -0.25) is 9.59 Å². The molecule has 102 valence electrons. The number of hydrogen-bond donors (Lipinski definition) is 2. The van der Waals surface area contributed by atoms with Crippen LogP contribution in [0.4, 0.5) is 5.69 Å². The molecule has 0 aliphatic heterocycles. The van der Waals surface area contributed by atoms with Crippen molar-refractivity contribution in [1.29, 1.82) is 0 Å². The van der Waals surface area contributed by atoms with Crippen molar-refractivity contribution < 1.29 is 14.7 Å². The van der Waals surface area contributed by atoms with E-state index >= 15 is 0 Å². The fourth-order valence-electron chi connectivity index (χ4n) is 2.40. The first-order valence-electron chi connectivity index (χ1n) is 5.98. The second-order valence-corrected chi connectivity index (χ2v) is 6.28. The number of rotatable bonds is 3. The quantitative estimate of drug-likeness (QED) is 0.827. The van der Waals surface area contributed by atoms with Crippen molar-refractivity contribution in [2.45, 2.75) is 19.3 Å². The molecule has 0 saturated heterocycles. The maximum atomic E-state index is 12.2. The van der Waals surface area contributed by atoms with E-state index in [1.54, 1.807) is 0 Å². The molecule has 1 aliphatic carbocycles. The van der Waals surface area contributed by atoms with Gasteiger partial charge >= 0.3 is 5.97 Å². The summed E-state index contributed by atoms with van der Waals surface area (Å²) in [6.07, 6.45) is 1.99. The first kappa shape index (κ1) is 14.5. The summed E-state index contributed by atoms with van der Waals surface area (Å²) in [6, 6.07) is 5.49. The molecule has 0 bridgehead atoms. The molecule has 4 nitrogen and oxygen atoms in total. The number of hydrogen-bond acceptors (Lipinski definition) is 2. The zero-order valence-corrected chi connectivity index (χ0v) is 13.2. The zero-order valence-electron chi connectivity index (χ0n) is 10.0. The summed E-state index contributed by atoms with van der Waals surface area (Å²) in [5.74, 6) is -2.13. The van der Waals surface area contributed by atoms with Crippen LogP contribution in [0.25, 0.3) is 0 Å². The van der Waals surface area contributed by atoms with Crippen LogP contribution in [0.2, 0.25) is 0 Å². The van der Waals surface area contributed by atoms with Crippen molar-refractivity contribution >= 4 is 49.4 Å². The van der Waals surface area contributed by atoms with Crippen molar-refractivity contribution in [2.24, 2.45) is 11.8 Å². The van der Waals surface area contributed by atoms with Gasteiger partial charge in [0.1, 0.15) is 0 Å². The fraction of sp³-hybridized carbons (Fsp3) is 0.385. The summed E-state index contributed by atoms with van der Waals surface area (Å²) < 4.78 is 1.53. The molecule has 0 aromatic heterocycles. The van der Waals surface area contributed by atoms with E-state index in [1.807, 2.05) is 18.2 Å². The van der Waals surface area contributed by atoms with Crippen LogP contribution in [-0.2, 0) is 9.59 Å². The SMILES string of the molecule is O=C(O)[C@H]1CCC[C@H]1C(=O)Nc1c(Br)cccc1Br. The molecule has 1 amide bonds. The lowest BCUT2D eigenvalue weighted by Gasteiger charge is -2.17. The first-order chi connectivity index (χ1) is 9.00. The van der Waals surface area contributed by atoms with Gasteiger partial charge in [0.05, 0.1) is 17.5 Å². The molecule has 1 aromatic carbocycles. The maximum absolute atomic E-state index is 12.2. The van der Waals surface area contributed by atoms with Crippen LogP contribution in [0.15, 0.2) is 27.1 Å². The van der Waals surface area contributed by atoms with Crippen LogP contribution < -0.4 is 5.32 Å². The Bertz CT molecular complexity index is 498. The largest absolute Gasteiger partial charge is 0.481 e. The first-order valence-corrected chi connectivity index (χ1v) is 7.57. The Labute approximate surface area is 127 Å². The van der Waals surface area contributed by atoms with E-state index in [9.17, 15) is 9.59 Å². The minimum Gasteiger partial charge on any atom is -0.481 e. The van der Waals surface area contributed by atoms with E-state index in [1.165, 1.54) is 0 Å². The second kappa shape index (κ2) is 6.05. The molecule has 2 rings (SSSR count). The predicted molar refractivity (Wildman–Crippen MR) is 78.9 cm³/mol. The summed E-state index contributed by atoms with van der Waals surface area (Å²) >= 11 is 6.73. The Kier molecular flexibility index (Phi) is 4.62. The van der Waals surface area contributed by atoms with Crippen LogP contribution >= 0.6 is 31.9 Å². The number of carboxylic acid groups (broad SMARTS) is 1. The third kappa shape index (κ3) is 3.17. The van der Waals surface area contributed by atoms with E-state index in [0.717, 1.165) is 15.4 Å². The number of carbonyl (C=O) groups is 2. The lowest BCUT2D eigenvalue weighted by molar-refractivity contribution is -0.145. The average molecular weight is 391 g/mol. The topological polar surface area (TPSA) is 66.4 Å². The third-order valence-corrected chi connectivity index (χ3v) is 4.70. The zero-order chi connectivity index (χ0) is 14.0. The molecular formula is C13H13Br2NO3. The highest BCUT2D eigenvalue weighted by Crippen LogP contribution is 2.35. The highest BCUT2D eigenvalue weighted by molar-refractivity contribution is 9.11. The Morgan fingerprint density at radius 3 is 2.32 bits per heavy atom. The number of halogens is 2. The van der Waals surface area contributed by atoms with Crippen LogP contribution in [0.5, 0.6) is 0 Å². The lowest BCUT2D eigenvalue weighted by atomic mass is 9.95. The van der Waals surface area contributed by atoms with Gasteiger partial charge in [-0.2, -0.15) is 0 Å². The number of benzene rings is 1. The van der Waals surface area contributed by atoms with E-state index in [4.69, 9.17) is 5.11 Å². The summed E-state index contributed by atoms with van der Waals surface area (Å²) in [5.41, 5.74) is 0.642. The normalized spacial score (nSPS) is 22.2. The van der Waals surface area contributed by atoms with Crippen LogP contribution in [0.3, 0.4) is 0 Å². The Morgan fingerprint density at radius 2 is 1.74 bits per heavy atom. The van der Waals surface area contributed by atoms with E-state index in [-0.39, 0.29) is 5.91 Å². The number of carbonyl (C=O) groups excluding carboxylic acids is 1. The van der Waals surface area contributed by atoms with Gasteiger partial charge in [0, 0.05) is 8.95 Å². The molecule has 1 fully saturated rings. The minimum absolute atomic E-state index is 0.225. The highest BCUT2D eigenvalue weighted by atomic mass is 79.9. The van der Waals surface area contributed by atoms with Crippen molar-refractivity contribution in [3.05, 3.63) is 27.1 Å². The average Bonchev–Trinajstić information content (AvgIpc) is 2.83. The summed E-state index contributed by atoms with van der Waals surface area (Å²) in [5, 5.41) is 11.9. The van der Waals surface area contributed by atoms with Gasteiger partial charge < -0.3 is 10.4 Å². The molecule has 1 aromatic rings. The maximum Gasteiger partial charge on any atom is 0.307 e. The van der Waals surface area contributed by atoms with E-state index in [0.29, 0.717) is 18.5 Å². The van der Waals surface area contributed by atoms with Gasteiger partial charge in [-0.25, -0.2) is 0 Å². The van der Waals surface area contributed by atoms with Crippen LogP contribution in [0.1, 0.15) is 19.3 Å². The molecule has 1 aliphatic rings. The Hall–Kier alpha value is -0.880.